The monoisotopic (exact) mass is 646 g/mol. The molecule has 2 aromatic carbocycles. The van der Waals surface area contributed by atoms with Crippen molar-refractivity contribution in [2.24, 2.45) is 0 Å². The van der Waals surface area contributed by atoms with Crippen LogP contribution in [0.1, 0.15) is 56.5 Å². The number of alkyl halides is 2. The molecule has 0 radical (unpaired) electrons. The minimum atomic E-state index is -2.64. The van der Waals surface area contributed by atoms with Crippen LogP contribution in [0.5, 0.6) is 0 Å². The molecule has 0 saturated heterocycles. The number of fused-ring (bicyclic) bond motifs is 1. The van der Waals surface area contributed by atoms with Crippen molar-refractivity contribution < 1.29 is 17.6 Å². The lowest BCUT2D eigenvalue weighted by Crippen LogP contribution is -2.11. The van der Waals surface area contributed by atoms with Gasteiger partial charge in [-0.05, 0) is 93.1 Å². The highest BCUT2D eigenvalue weighted by molar-refractivity contribution is 8.01. The summed E-state index contributed by atoms with van der Waals surface area (Å²) in [6, 6.07) is 10.6. The van der Waals surface area contributed by atoms with Crippen LogP contribution in [0.2, 0.25) is 5.02 Å². The number of halogens is 5. The Kier molecular flexibility index (Phi) is 9.55. The second kappa shape index (κ2) is 13.0. The SMILES string of the molecule is CSC(C)(C)C#Cc1ccc(-c2ccc(Cl)c3c(NSC4CC4)nn(CC(F)F)c23)c(C(C)Cc2cc(F)cc(F)c2)n1. The molecule has 4 nitrogen and oxygen atoms in total. The van der Waals surface area contributed by atoms with Gasteiger partial charge in [-0.3, -0.25) is 4.68 Å². The number of pyridine rings is 1. The van der Waals surface area contributed by atoms with E-state index in [0.29, 0.717) is 61.5 Å². The van der Waals surface area contributed by atoms with Gasteiger partial charge in [0.25, 0.3) is 6.43 Å². The van der Waals surface area contributed by atoms with Crippen LogP contribution >= 0.6 is 35.3 Å². The molecule has 1 atom stereocenters. The number of benzene rings is 2. The predicted octanol–water partition coefficient (Wildman–Crippen LogP) is 9.36. The molecule has 11 heteroatoms. The summed E-state index contributed by atoms with van der Waals surface area (Å²) in [6.45, 7) is 5.33. The molecule has 43 heavy (non-hydrogen) atoms. The van der Waals surface area contributed by atoms with Gasteiger partial charge in [0.2, 0.25) is 0 Å². The van der Waals surface area contributed by atoms with E-state index in [2.05, 4.69) is 21.7 Å². The van der Waals surface area contributed by atoms with E-state index in [0.717, 1.165) is 18.9 Å². The van der Waals surface area contributed by atoms with E-state index in [1.54, 1.807) is 30.0 Å². The molecule has 1 fully saturated rings. The molecule has 0 spiro atoms. The van der Waals surface area contributed by atoms with Crippen LogP contribution in [0.4, 0.5) is 23.4 Å². The molecule has 0 bridgehead atoms. The van der Waals surface area contributed by atoms with E-state index in [4.69, 9.17) is 16.6 Å². The first kappa shape index (κ1) is 31.6. The van der Waals surface area contributed by atoms with Crippen LogP contribution < -0.4 is 4.72 Å². The molecule has 1 saturated carbocycles. The summed E-state index contributed by atoms with van der Waals surface area (Å²) in [5.41, 5.74) is 3.39. The van der Waals surface area contributed by atoms with Crippen LogP contribution in [-0.4, -0.2) is 37.4 Å². The fourth-order valence-corrected chi connectivity index (χ4v) is 5.94. The molecule has 1 aliphatic carbocycles. The number of nitrogens with zero attached hydrogens (tertiary/aromatic N) is 3. The molecule has 2 heterocycles. The van der Waals surface area contributed by atoms with Gasteiger partial charge in [0, 0.05) is 28.4 Å². The van der Waals surface area contributed by atoms with Crippen LogP contribution in [0, 0.1) is 23.5 Å². The molecular formula is C32H31ClF4N4S2. The number of aromatic nitrogens is 3. The highest BCUT2D eigenvalue weighted by Gasteiger charge is 2.26. The average Bonchev–Trinajstić information content (AvgIpc) is 3.71. The molecule has 0 aliphatic heterocycles. The van der Waals surface area contributed by atoms with E-state index in [1.807, 2.05) is 33.1 Å². The van der Waals surface area contributed by atoms with Crippen LogP contribution in [0.3, 0.4) is 0 Å². The minimum Gasteiger partial charge on any atom is -0.312 e. The van der Waals surface area contributed by atoms with Crippen LogP contribution in [0.15, 0.2) is 42.5 Å². The lowest BCUT2D eigenvalue weighted by molar-refractivity contribution is 0.123. The molecule has 1 unspecified atom stereocenters. The fraction of sp³-hybridized carbons (Fsp3) is 0.375. The second-order valence-corrected chi connectivity index (χ2v) is 14.1. The van der Waals surface area contributed by atoms with Gasteiger partial charge >= 0.3 is 0 Å². The largest absolute Gasteiger partial charge is 0.312 e. The molecule has 0 amide bonds. The maximum Gasteiger partial charge on any atom is 0.257 e. The van der Waals surface area contributed by atoms with Gasteiger partial charge in [-0.25, -0.2) is 22.5 Å². The minimum absolute atomic E-state index is 0.291. The highest BCUT2D eigenvalue weighted by Crippen LogP contribution is 2.42. The van der Waals surface area contributed by atoms with Gasteiger partial charge in [-0.2, -0.15) is 5.10 Å². The summed E-state index contributed by atoms with van der Waals surface area (Å²) < 4.78 is 59.9. The van der Waals surface area contributed by atoms with Gasteiger partial charge in [-0.1, -0.05) is 30.5 Å². The van der Waals surface area contributed by atoms with Crippen molar-refractivity contribution in [2.75, 3.05) is 11.0 Å². The molecule has 5 rings (SSSR count). The van der Waals surface area contributed by atoms with Crippen LogP contribution in [0.25, 0.3) is 22.0 Å². The Morgan fingerprint density at radius 1 is 1.09 bits per heavy atom. The maximum absolute atomic E-state index is 14.0. The van der Waals surface area contributed by atoms with Crippen LogP contribution in [-0.2, 0) is 13.0 Å². The standard InChI is InChI=1S/C32H31ClF4N4S2/c1-18(13-19-14-20(34)16-21(35)15-19)29-24(8-5-22(38-29)11-12-32(2,3)42-4)25-9-10-26(33)28-30(25)41(17-27(36)37)39-31(28)40-43-23-6-7-23/h5,8-10,14-16,18,23,27H,6-7,13,17H2,1-4H3,(H,39,40). The lowest BCUT2D eigenvalue weighted by atomic mass is 9.90. The summed E-state index contributed by atoms with van der Waals surface area (Å²) in [4.78, 5) is 4.92. The van der Waals surface area contributed by atoms with Crippen molar-refractivity contribution in [1.82, 2.24) is 14.8 Å². The zero-order valence-electron chi connectivity index (χ0n) is 24.1. The predicted molar refractivity (Wildman–Crippen MR) is 171 cm³/mol. The van der Waals surface area contributed by atoms with Crippen molar-refractivity contribution >= 4 is 52.0 Å². The molecule has 4 aromatic rings. The van der Waals surface area contributed by atoms with Crippen molar-refractivity contribution in [3.63, 3.8) is 0 Å². The van der Waals surface area contributed by atoms with Gasteiger partial charge in [-0.15, -0.1) is 11.8 Å². The first-order chi connectivity index (χ1) is 20.4. The average molecular weight is 647 g/mol. The Labute approximate surface area is 262 Å². The van der Waals surface area contributed by atoms with E-state index < -0.39 is 24.6 Å². The molecular weight excluding hydrogens is 616 g/mol. The Morgan fingerprint density at radius 2 is 1.79 bits per heavy atom. The number of rotatable bonds is 10. The van der Waals surface area contributed by atoms with E-state index >= 15 is 0 Å². The normalized spacial score (nSPS) is 14.2. The van der Waals surface area contributed by atoms with Crippen molar-refractivity contribution in [1.29, 1.82) is 0 Å². The summed E-state index contributed by atoms with van der Waals surface area (Å²) >= 11 is 9.80. The van der Waals surface area contributed by atoms with Gasteiger partial charge < -0.3 is 4.72 Å². The summed E-state index contributed by atoms with van der Waals surface area (Å²) in [5, 5.41) is 5.90. The Balaban J connectivity index is 1.68. The molecule has 1 N–H and O–H groups in total. The zero-order valence-corrected chi connectivity index (χ0v) is 26.5. The fourth-order valence-electron chi connectivity index (χ4n) is 4.75. The summed E-state index contributed by atoms with van der Waals surface area (Å²) in [6.07, 6.45) is 1.79. The molecule has 2 aromatic heterocycles. The number of thioether (sulfide) groups is 1. The Morgan fingerprint density at radius 3 is 2.44 bits per heavy atom. The first-order valence-corrected chi connectivity index (χ1v) is 16.4. The molecule has 226 valence electrons. The number of nitrogens with one attached hydrogen (secondary N) is 1. The molecule has 1 aliphatic rings. The summed E-state index contributed by atoms with van der Waals surface area (Å²) in [5.74, 6) is 5.20. The third-order valence-corrected chi connectivity index (χ3v) is 9.70. The van der Waals surface area contributed by atoms with Crippen molar-refractivity contribution in [2.45, 2.75) is 68.9 Å². The van der Waals surface area contributed by atoms with Crippen molar-refractivity contribution in [3.8, 4) is 23.0 Å². The van der Waals surface area contributed by atoms with E-state index in [-0.39, 0.29) is 10.7 Å². The smallest absolute Gasteiger partial charge is 0.257 e. The van der Waals surface area contributed by atoms with Gasteiger partial charge in [0.05, 0.1) is 26.4 Å². The Bertz CT molecular complexity index is 1690. The summed E-state index contributed by atoms with van der Waals surface area (Å²) in [7, 11) is 0. The Hall–Kier alpha value is -2.87. The number of anilines is 1. The third kappa shape index (κ3) is 7.62. The number of hydrogen-bond acceptors (Lipinski definition) is 5. The third-order valence-electron chi connectivity index (χ3n) is 7.15. The van der Waals surface area contributed by atoms with Gasteiger partial charge in [0.1, 0.15) is 23.9 Å². The zero-order chi connectivity index (χ0) is 30.9. The highest BCUT2D eigenvalue weighted by atomic mass is 35.5. The van der Waals surface area contributed by atoms with Crippen molar-refractivity contribution in [3.05, 3.63) is 76.1 Å². The maximum atomic E-state index is 14.0. The van der Waals surface area contributed by atoms with Gasteiger partial charge in [0.15, 0.2) is 5.82 Å². The number of hydrogen-bond donors (Lipinski definition) is 1. The van der Waals surface area contributed by atoms with E-state index in [1.165, 1.54) is 28.8 Å². The quantitative estimate of drug-likeness (QED) is 0.106. The van der Waals surface area contributed by atoms with E-state index in [9.17, 15) is 17.6 Å². The lowest BCUT2D eigenvalue weighted by Gasteiger charge is -2.18. The first-order valence-electron chi connectivity index (χ1n) is 13.9. The topological polar surface area (TPSA) is 42.7 Å². The second-order valence-electron chi connectivity index (χ2n) is 11.1.